The van der Waals surface area contributed by atoms with E-state index in [0.717, 1.165) is 37.0 Å². The number of rotatable bonds is 11. The molecule has 3 heterocycles. The van der Waals surface area contributed by atoms with Gasteiger partial charge in [-0.05, 0) is 73.4 Å². The Kier molecular flexibility index (Phi) is 10.2. The molecule has 1 aliphatic carbocycles. The van der Waals surface area contributed by atoms with Gasteiger partial charge < -0.3 is 25.4 Å². The number of nitrogens with one attached hydrogen (secondary N) is 2. The average molecular weight is 654 g/mol. The van der Waals surface area contributed by atoms with Gasteiger partial charge in [-0.3, -0.25) is 19.4 Å². The molecule has 12 heteroatoms. The third kappa shape index (κ3) is 7.57. The van der Waals surface area contributed by atoms with E-state index in [4.69, 9.17) is 27.9 Å². The van der Waals surface area contributed by atoms with Crippen LogP contribution in [0.25, 0.3) is 0 Å². The highest BCUT2D eigenvalue weighted by Crippen LogP contribution is 2.40. The van der Waals surface area contributed by atoms with Crippen molar-refractivity contribution in [2.45, 2.75) is 63.1 Å². The van der Waals surface area contributed by atoms with Crippen molar-refractivity contribution in [3.63, 3.8) is 0 Å². The molecule has 10 nitrogen and oxygen atoms in total. The summed E-state index contributed by atoms with van der Waals surface area (Å²) in [6.07, 6.45) is 6.78. The van der Waals surface area contributed by atoms with Crippen LogP contribution in [0.1, 0.15) is 53.6 Å². The molecule has 0 unspecified atom stereocenters. The summed E-state index contributed by atoms with van der Waals surface area (Å²) in [4.78, 5) is 57.6. The molecule has 2 bridgehead atoms. The van der Waals surface area contributed by atoms with Crippen LogP contribution in [-0.2, 0) is 27.2 Å². The zero-order chi connectivity index (χ0) is 32.1. The first-order valence-corrected chi connectivity index (χ1v) is 15.6. The van der Waals surface area contributed by atoms with Crippen LogP contribution in [0.3, 0.4) is 0 Å². The van der Waals surface area contributed by atoms with Crippen LogP contribution in [0, 0.1) is 5.92 Å². The molecule has 1 saturated carbocycles. The molecule has 3 fully saturated rings. The summed E-state index contributed by atoms with van der Waals surface area (Å²) in [6.45, 7) is 0. The number of halogens is 2. The van der Waals surface area contributed by atoms with Crippen LogP contribution in [-0.4, -0.2) is 63.9 Å². The number of carbonyl (C=O) groups is 4. The van der Waals surface area contributed by atoms with E-state index >= 15 is 0 Å². The fourth-order valence-corrected chi connectivity index (χ4v) is 6.80. The number of carbonyl (C=O) groups excluding carboxylic acids is 3. The van der Waals surface area contributed by atoms with Crippen molar-refractivity contribution in [1.29, 1.82) is 0 Å². The maximum atomic E-state index is 13.7. The molecular weight excluding hydrogens is 619 g/mol. The molecule has 2 saturated heterocycles. The molecule has 2 aliphatic heterocycles. The SMILES string of the molecule is COc1ccc(CCC(=O)N2C3CCC(CC3)[C@H]2C(=O)N[C@@H](Cc2ccc(NC(=O)c3c(Cl)cncc3Cl)cc2)C(=O)O)cc1. The van der Waals surface area contributed by atoms with Crippen molar-refractivity contribution in [3.8, 4) is 5.75 Å². The molecule has 2 atom stereocenters. The molecule has 3 aliphatic rings. The maximum Gasteiger partial charge on any atom is 0.326 e. The maximum absolute atomic E-state index is 13.7. The second-order valence-corrected chi connectivity index (χ2v) is 12.2. The van der Waals surface area contributed by atoms with Crippen molar-refractivity contribution in [2.24, 2.45) is 5.92 Å². The number of carboxylic acid groups (broad SMARTS) is 1. The predicted molar refractivity (Wildman–Crippen MR) is 170 cm³/mol. The molecule has 0 spiro atoms. The second kappa shape index (κ2) is 14.3. The monoisotopic (exact) mass is 652 g/mol. The zero-order valence-electron chi connectivity index (χ0n) is 24.7. The summed E-state index contributed by atoms with van der Waals surface area (Å²) in [6, 6.07) is 12.2. The smallest absolute Gasteiger partial charge is 0.326 e. The zero-order valence-corrected chi connectivity index (χ0v) is 26.2. The minimum atomic E-state index is -1.20. The Balaban J connectivity index is 1.23. The van der Waals surface area contributed by atoms with E-state index in [1.54, 1.807) is 36.3 Å². The lowest BCUT2D eigenvalue weighted by Crippen LogP contribution is -2.64. The lowest BCUT2D eigenvalue weighted by Gasteiger charge is -2.50. The normalized spacial score (nSPS) is 19.4. The number of benzene rings is 2. The molecule has 2 aromatic carbocycles. The Morgan fingerprint density at radius 2 is 1.58 bits per heavy atom. The molecule has 1 aromatic heterocycles. The Hall–Kier alpha value is -4.15. The van der Waals surface area contributed by atoms with Crippen molar-refractivity contribution in [3.05, 3.63) is 87.7 Å². The van der Waals surface area contributed by atoms with Gasteiger partial charge in [-0.1, -0.05) is 47.5 Å². The van der Waals surface area contributed by atoms with Gasteiger partial charge in [-0.2, -0.15) is 0 Å². The van der Waals surface area contributed by atoms with E-state index in [9.17, 15) is 24.3 Å². The minimum Gasteiger partial charge on any atom is -0.497 e. The number of pyridine rings is 1. The third-order valence-electron chi connectivity index (χ3n) is 8.57. The number of aryl methyl sites for hydroxylation is 1. The van der Waals surface area contributed by atoms with Gasteiger partial charge in [-0.25, -0.2) is 4.79 Å². The van der Waals surface area contributed by atoms with Crippen molar-refractivity contribution < 1.29 is 29.0 Å². The second-order valence-electron chi connectivity index (χ2n) is 11.4. The largest absolute Gasteiger partial charge is 0.497 e. The van der Waals surface area contributed by atoms with E-state index in [-0.39, 0.29) is 46.3 Å². The van der Waals surface area contributed by atoms with Crippen molar-refractivity contribution in [1.82, 2.24) is 15.2 Å². The Morgan fingerprint density at radius 1 is 0.956 bits per heavy atom. The Labute approximate surface area is 271 Å². The van der Waals surface area contributed by atoms with Gasteiger partial charge in [0.2, 0.25) is 11.8 Å². The van der Waals surface area contributed by atoms with Crippen LogP contribution in [0.4, 0.5) is 5.69 Å². The number of hydrogen-bond donors (Lipinski definition) is 3. The number of anilines is 1. The molecule has 6 rings (SSSR count). The number of carboxylic acids is 1. The number of aromatic nitrogens is 1. The van der Waals surface area contributed by atoms with Crippen LogP contribution in [0.15, 0.2) is 60.9 Å². The summed E-state index contributed by atoms with van der Waals surface area (Å²) in [5.41, 5.74) is 2.17. The van der Waals surface area contributed by atoms with Crippen LogP contribution in [0.2, 0.25) is 10.0 Å². The Bertz CT molecular complexity index is 1540. The molecule has 0 radical (unpaired) electrons. The number of aliphatic carboxylic acids is 1. The van der Waals surface area contributed by atoms with Gasteiger partial charge in [0.1, 0.15) is 17.8 Å². The average Bonchev–Trinajstić information content (AvgIpc) is 3.04. The first-order valence-electron chi connectivity index (χ1n) is 14.8. The van der Waals surface area contributed by atoms with E-state index in [1.165, 1.54) is 12.4 Å². The molecule has 3 aromatic rings. The standard InChI is InChI=1S/C33H34Cl2N4O6/c1-45-24-13-4-19(5-14-24)6-15-28(40)39-23-11-7-21(8-12-23)30(39)32(42)38-27(33(43)44)16-20-2-9-22(10-3-20)37-31(41)29-25(34)17-36-18-26(29)35/h2-5,9-10,13-14,17-18,21,23,27,30H,6-8,11-12,15-16H2,1H3,(H,37,41)(H,38,42)(H,43,44)/t21?,23?,27-,30-/m0/s1. The van der Waals surface area contributed by atoms with E-state index < -0.39 is 29.9 Å². The number of nitrogens with zero attached hydrogens (tertiary/aromatic N) is 2. The van der Waals surface area contributed by atoms with Crippen LogP contribution < -0.4 is 15.4 Å². The highest BCUT2D eigenvalue weighted by atomic mass is 35.5. The van der Waals surface area contributed by atoms with Gasteiger partial charge >= 0.3 is 5.97 Å². The van der Waals surface area contributed by atoms with E-state index in [2.05, 4.69) is 15.6 Å². The highest BCUT2D eigenvalue weighted by molar-refractivity contribution is 6.40. The Morgan fingerprint density at radius 3 is 2.18 bits per heavy atom. The number of amides is 3. The van der Waals surface area contributed by atoms with Gasteiger partial charge in [0.05, 0.1) is 22.7 Å². The van der Waals surface area contributed by atoms with Crippen LogP contribution >= 0.6 is 23.2 Å². The summed E-state index contributed by atoms with van der Waals surface area (Å²) in [7, 11) is 1.60. The van der Waals surface area contributed by atoms with Crippen LogP contribution in [0.5, 0.6) is 5.75 Å². The number of piperidine rings is 2. The fraction of sp³-hybridized carbons (Fsp3) is 0.364. The fourth-order valence-electron chi connectivity index (χ4n) is 6.26. The lowest BCUT2D eigenvalue weighted by atomic mass is 9.74. The topological polar surface area (TPSA) is 138 Å². The summed E-state index contributed by atoms with van der Waals surface area (Å²) >= 11 is 12.1. The third-order valence-corrected chi connectivity index (χ3v) is 9.14. The number of fused-ring (bicyclic) bond motifs is 3. The number of hydrogen-bond acceptors (Lipinski definition) is 6. The van der Waals surface area contributed by atoms with Gasteiger partial charge in [0, 0.05) is 37.0 Å². The van der Waals surface area contributed by atoms with Crippen molar-refractivity contribution >= 4 is 52.6 Å². The quantitative estimate of drug-likeness (QED) is 0.260. The number of methoxy groups -OCH3 is 1. The molecule has 45 heavy (non-hydrogen) atoms. The summed E-state index contributed by atoms with van der Waals surface area (Å²) in [5, 5.41) is 15.7. The first-order chi connectivity index (χ1) is 21.6. The highest BCUT2D eigenvalue weighted by Gasteiger charge is 2.47. The molecule has 3 N–H and O–H groups in total. The van der Waals surface area contributed by atoms with Crippen molar-refractivity contribution in [2.75, 3.05) is 12.4 Å². The van der Waals surface area contributed by atoms with Gasteiger partial charge in [0.15, 0.2) is 0 Å². The van der Waals surface area contributed by atoms with E-state index in [1.807, 2.05) is 24.3 Å². The summed E-state index contributed by atoms with van der Waals surface area (Å²) < 4.78 is 5.20. The number of ether oxygens (including phenoxy) is 1. The summed E-state index contributed by atoms with van der Waals surface area (Å²) in [5.74, 6) is -1.51. The molecule has 3 amide bonds. The predicted octanol–water partition coefficient (Wildman–Crippen LogP) is 5.16. The van der Waals surface area contributed by atoms with Gasteiger partial charge in [-0.15, -0.1) is 0 Å². The molecular formula is C33H34Cl2N4O6. The minimum absolute atomic E-state index is 0.0142. The lowest BCUT2D eigenvalue weighted by molar-refractivity contribution is -0.154. The first kappa shape index (κ1) is 32.2. The molecule has 236 valence electrons. The van der Waals surface area contributed by atoms with E-state index in [0.29, 0.717) is 17.7 Å². The van der Waals surface area contributed by atoms with Gasteiger partial charge in [0.25, 0.3) is 5.91 Å².